The molecule has 78 valence electrons. The molecule has 0 saturated carbocycles. The second-order valence-corrected chi connectivity index (χ2v) is 5.13. The highest BCUT2D eigenvalue weighted by Crippen LogP contribution is 2.09. The van der Waals surface area contributed by atoms with E-state index in [0.717, 1.165) is 12.5 Å². The second kappa shape index (κ2) is 3.16. The number of hydrogen-bond acceptors (Lipinski definition) is 4. The molecule has 0 amide bonds. The summed E-state index contributed by atoms with van der Waals surface area (Å²) in [5, 5.41) is 11.2. The fraction of sp³-hybridized carbons (Fsp3) is 0.111. The summed E-state index contributed by atoms with van der Waals surface area (Å²) in [7, 11) is -3.45. The molecule has 0 bridgehead atoms. The number of rotatable bonds is 1. The fourth-order valence-corrected chi connectivity index (χ4v) is 1.79. The lowest BCUT2D eigenvalue weighted by atomic mass is 10.3. The van der Waals surface area contributed by atoms with Gasteiger partial charge in [0.1, 0.15) is 5.52 Å². The summed E-state index contributed by atoms with van der Waals surface area (Å²) in [4.78, 5) is 3.90. The van der Waals surface area contributed by atoms with Crippen molar-refractivity contribution in [2.24, 2.45) is 0 Å². The summed E-state index contributed by atoms with van der Waals surface area (Å²) < 4.78 is 22.9. The van der Waals surface area contributed by atoms with Gasteiger partial charge in [-0.15, -0.1) is 0 Å². The van der Waals surface area contributed by atoms with Crippen molar-refractivity contribution < 1.29 is 13.1 Å². The smallest absolute Gasteiger partial charge is 0.242 e. The molecule has 1 aromatic heterocycles. The highest BCUT2D eigenvalue weighted by molar-refractivity contribution is 7.90. The molecule has 2 rings (SSSR count). The molecule has 15 heavy (non-hydrogen) atoms. The summed E-state index contributed by atoms with van der Waals surface area (Å²) in [5.41, 5.74) is 0.723. The normalized spacial score (nSPS) is 11.8. The standard InChI is InChI=1S/C9H8N2O3S/c1-15(13,14)9-6-11(12)8-5-3-2-4-7(8)10-9/h2-6H,1H3. The molecule has 0 aliphatic rings. The van der Waals surface area contributed by atoms with Gasteiger partial charge in [-0.2, -0.15) is 4.73 Å². The number of aromatic nitrogens is 2. The van der Waals surface area contributed by atoms with Crippen LogP contribution in [0.25, 0.3) is 11.0 Å². The quantitative estimate of drug-likeness (QED) is 0.515. The topological polar surface area (TPSA) is 74.0 Å². The van der Waals surface area contributed by atoms with Crippen LogP contribution >= 0.6 is 0 Å². The number of para-hydroxylation sites is 2. The van der Waals surface area contributed by atoms with Gasteiger partial charge in [0.15, 0.2) is 9.84 Å². The summed E-state index contributed by atoms with van der Waals surface area (Å²) in [6.07, 6.45) is 1.99. The van der Waals surface area contributed by atoms with Crippen molar-refractivity contribution in [2.75, 3.05) is 6.26 Å². The van der Waals surface area contributed by atoms with Crippen molar-refractivity contribution in [3.8, 4) is 0 Å². The maximum absolute atomic E-state index is 11.5. The third-order valence-corrected chi connectivity index (χ3v) is 2.91. The van der Waals surface area contributed by atoms with Crippen LogP contribution in [0.4, 0.5) is 0 Å². The zero-order chi connectivity index (χ0) is 11.1. The van der Waals surface area contributed by atoms with E-state index < -0.39 is 9.84 Å². The van der Waals surface area contributed by atoms with Crippen molar-refractivity contribution in [2.45, 2.75) is 5.03 Å². The predicted octanol–water partition coefficient (Wildman–Crippen LogP) is 0.272. The van der Waals surface area contributed by atoms with E-state index in [2.05, 4.69) is 4.98 Å². The Morgan fingerprint density at radius 2 is 2.00 bits per heavy atom. The summed E-state index contributed by atoms with van der Waals surface area (Å²) in [5.74, 6) is 0. The number of fused-ring (bicyclic) bond motifs is 1. The highest BCUT2D eigenvalue weighted by atomic mass is 32.2. The van der Waals surface area contributed by atoms with Crippen LogP contribution in [0, 0.1) is 5.21 Å². The lowest BCUT2D eigenvalue weighted by molar-refractivity contribution is -0.579. The van der Waals surface area contributed by atoms with Crippen molar-refractivity contribution in [1.82, 2.24) is 4.98 Å². The summed E-state index contributed by atoms with van der Waals surface area (Å²) >= 11 is 0. The van der Waals surface area contributed by atoms with Crippen LogP contribution in [0.3, 0.4) is 0 Å². The Morgan fingerprint density at radius 1 is 1.33 bits per heavy atom. The Kier molecular flexibility index (Phi) is 2.08. The van der Waals surface area contributed by atoms with Crippen LogP contribution in [0.2, 0.25) is 0 Å². The molecule has 6 heteroatoms. The van der Waals surface area contributed by atoms with E-state index in [1.54, 1.807) is 24.3 Å². The van der Waals surface area contributed by atoms with E-state index in [0.29, 0.717) is 15.8 Å². The fourth-order valence-electron chi connectivity index (χ4n) is 1.24. The molecular weight excluding hydrogens is 216 g/mol. The molecule has 0 atom stereocenters. The number of sulfone groups is 1. The van der Waals surface area contributed by atoms with Crippen molar-refractivity contribution >= 4 is 20.9 Å². The Hall–Kier alpha value is -1.69. The van der Waals surface area contributed by atoms with Gasteiger partial charge < -0.3 is 5.21 Å². The van der Waals surface area contributed by atoms with Gasteiger partial charge in [-0.3, -0.25) is 0 Å². The first-order chi connectivity index (χ1) is 6.98. The van der Waals surface area contributed by atoms with Crippen molar-refractivity contribution in [3.05, 3.63) is 35.7 Å². The third kappa shape index (κ3) is 1.75. The molecular formula is C9H8N2O3S. The van der Waals surface area contributed by atoms with E-state index in [9.17, 15) is 13.6 Å². The summed E-state index contributed by atoms with van der Waals surface area (Å²) in [6.45, 7) is 0. The van der Waals surface area contributed by atoms with Crippen molar-refractivity contribution in [3.63, 3.8) is 0 Å². The molecule has 0 aliphatic heterocycles. The van der Waals surface area contributed by atoms with Crippen LogP contribution < -0.4 is 4.73 Å². The van der Waals surface area contributed by atoms with Gasteiger partial charge >= 0.3 is 0 Å². The van der Waals surface area contributed by atoms with Crippen LogP contribution in [0.15, 0.2) is 35.5 Å². The zero-order valence-corrected chi connectivity index (χ0v) is 8.73. The zero-order valence-electron chi connectivity index (χ0n) is 7.91. The maximum atomic E-state index is 11.5. The Morgan fingerprint density at radius 3 is 2.67 bits per heavy atom. The van der Waals surface area contributed by atoms with Gasteiger partial charge in [-0.1, -0.05) is 12.1 Å². The first-order valence-corrected chi connectivity index (χ1v) is 6.06. The van der Waals surface area contributed by atoms with Gasteiger partial charge in [0, 0.05) is 12.3 Å². The van der Waals surface area contributed by atoms with E-state index in [1.807, 2.05) is 0 Å². The largest absolute Gasteiger partial charge is 0.618 e. The van der Waals surface area contributed by atoms with Gasteiger partial charge in [0.05, 0.1) is 0 Å². The third-order valence-electron chi connectivity index (χ3n) is 1.96. The van der Waals surface area contributed by atoms with Crippen LogP contribution in [-0.2, 0) is 9.84 Å². The summed E-state index contributed by atoms with van der Waals surface area (Å²) in [6, 6.07) is 6.57. The first-order valence-electron chi connectivity index (χ1n) is 4.17. The molecule has 0 saturated heterocycles. The van der Waals surface area contributed by atoms with Crippen LogP contribution in [0.1, 0.15) is 0 Å². The number of benzene rings is 1. The second-order valence-electron chi connectivity index (χ2n) is 3.17. The lowest BCUT2D eigenvalue weighted by Gasteiger charge is -2.02. The SMILES string of the molecule is CS(=O)(=O)c1c[n+]([O-])c2ccccc2n1. The average Bonchev–Trinajstić information content (AvgIpc) is 2.16. The molecule has 0 unspecified atom stereocenters. The maximum Gasteiger partial charge on any atom is 0.242 e. The Labute approximate surface area is 86.5 Å². The van der Waals surface area contributed by atoms with E-state index >= 15 is 0 Å². The first kappa shape index (κ1) is 9.85. The monoisotopic (exact) mass is 224 g/mol. The minimum atomic E-state index is -3.45. The number of hydrogen-bond donors (Lipinski definition) is 0. The highest BCUT2D eigenvalue weighted by Gasteiger charge is 2.15. The van der Waals surface area contributed by atoms with E-state index in [1.165, 1.54) is 0 Å². The van der Waals surface area contributed by atoms with Gasteiger partial charge in [-0.05, 0) is 6.07 Å². The van der Waals surface area contributed by atoms with E-state index in [-0.39, 0.29) is 5.03 Å². The molecule has 1 heterocycles. The van der Waals surface area contributed by atoms with E-state index in [4.69, 9.17) is 0 Å². The molecule has 0 aliphatic carbocycles. The molecule has 0 fully saturated rings. The molecule has 0 spiro atoms. The van der Waals surface area contributed by atoms with Crippen LogP contribution in [0.5, 0.6) is 0 Å². The average molecular weight is 224 g/mol. The Balaban J connectivity index is 2.85. The molecule has 1 aromatic carbocycles. The minimum Gasteiger partial charge on any atom is -0.618 e. The Bertz CT molecular complexity index is 622. The lowest BCUT2D eigenvalue weighted by Crippen LogP contribution is -2.28. The predicted molar refractivity (Wildman–Crippen MR) is 53.8 cm³/mol. The minimum absolute atomic E-state index is 0.212. The van der Waals surface area contributed by atoms with Crippen LogP contribution in [-0.4, -0.2) is 19.7 Å². The molecule has 5 nitrogen and oxygen atoms in total. The van der Waals surface area contributed by atoms with Crippen molar-refractivity contribution in [1.29, 1.82) is 0 Å². The molecule has 0 N–H and O–H groups in total. The van der Waals surface area contributed by atoms with Gasteiger partial charge in [0.2, 0.25) is 16.7 Å². The number of nitrogens with zero attached hydrogens (tertiary/aromatic N) is 2. The van der Waals surface area contributed by atoms with Gasteiger partial charge in [-0.25, -0.2) is 13.4 Å². The molecule has 2 aromatic rings. The molecule has 0 radical (unpaired) electrons. The van der Waals surface area contributed by atoms with Gasteiger partial charge in [0.25, 0.3) is 0 Å².